The first-order valence-electron chi connectivity index (χ1n) is 11.4. The van der Waals surface area contributed by atoms with Crippen LogP contribution >= 0.6 is 0 Å². The molecule has 7 N–H and O–H groups in total. The van der Waals surface area contributed by atoms with E-state index in [1.54, 1.807) is 13.0 Å². The van der Waals surface area contributed by atoms with Crippen LogP contribution in [0.1, 0.15) is 54.1 Å². The highest BCUT2D eigenvalue weighted by molar-refractivity contribution is 5.96. The van der Waals surface area contributed by atoms with Crippen LogP contribution in [0.3, 0.4) is 0 Å². The van der Waals surface area contributed by atoms with Gasteiger partial charge in [0.1, 0.15) is 23.4 Å². The molecule has 1 aromatic heterocycles. The third-order valence-electron chi connectivity index (χ3n) is 5.59. The topological polar surface area (TPSA) is 144 Å². The van der Waals surface area contributed by atoms with Crippen LogP contribution in [-0.2, 0) is 5.60 Å². The van der Waals surface area contributed by atoms with E-state index in [4.69, 9.17) is 16.2 Å². The van der Waals surface area contributed by atoms with Crippen molar-refractivity contribution in [3.63, 3.8) is 0 Å². The van der Waals surface area contributed by atoms with Gasteiger partial charge in [-0.3, -0.25) is 4.79 Å². The Hall–Kier alpha value is -4.02. The maximum atomic E-state index is 15.3. The number of pyridine rings is 1. The van der Waals surface area contributed by atoms with Crippen LogP contribution in [0.15, 0.2) is 48.2 Å². The van der Waals surface area contributed by atoms with E-state index in [1.807, 2.05) is 0 Å². The Balaban J connectivity index is 1.92. The number of hydrogen-bond donors (Lipinski definition) is 5. The Morgan fingerprint density at radius 1 is 1.22 bits per heavy atom. The average Bonchev–Trinajstić information content (AvgIpc) is 2.83. The molecule has 0 bridgehead atoms. The van der Waals surface area contributed by atoms with Crippen LogP contribution in [0.5, 0.6) is 5.75 Å². The third-order valence-corrected chi connectivity index (χ3v) is 5.59. The molecule has 1 atom stereocenters. The summed E-state index contributed by atoms with van der Waals surface area (Å²) in [5.41, 5.74) is 11.7. The van der Waals surface area contributed by atoms with Crippen molar-refractivity contribution in [3.8, 4) is 17.0 Å². The number of rotatable bonds is 8. The molecule has 0 fully saturated rings. The van der Waals surface area contributed by atoms with Gasteiger partial charge in [-0.25, -0.2) is 13.8 Å². The maximum absolute atomic E-state index is 15.3. The number of nitrogens with one attached hydrogen (secondary N) is 1. The highest BCUT2D eigenvalue weighted by atomic mass is 19.1. The van der Waals surface area contributed by atoms with Gasteiger partial charge in [0.05, 0.1) is 24.1 Å². The molecule has 1 heterocycles. The highest BCUT2D eigenvalue weighted by Gasteiger charge is 2.27. The maximum Gasteiger partial charge on any atom is 0.251 e. The molecule has 0 spiro atoms. The minimum Gasteiger partial charge on any atom is -0.495 e. The fraction of sp³-hybridized carbons (Fsp3) is 0.259. The summed E-state index contributed by atoms with van der Waals surface area (Å²) in [7, 11) is 1.42. The molecular formula is C27H30F2N4O4. The lowest BCUT2D eigenvalue weighted by molar-refractivity contribution is 0.0736. The number of carbonyl (C=O) groups excluding carboxylic acids is 1. The third kappa shape index (κ3) is 6.41. The first-order chi connectivity index (χ1) is 17.3. The van der Waals surface area contributed by atoms with Gasteiger partial charge in [-0.2, -0.15) is 0 Å². The van der Waals surface area contributed by atoms with Crippen LogP contribution in [0.25, 0.3) is 17.3 Å². The molecule has 0 aliphatic carbocycles. The largest absolute Gasteiger partial charge is 0.495 e. The van der Waals surface area contributed by atoms with Gasteiger partial charge in [-0.05, 0) is 69.3 Å². The number of amides is 1. The number of anilines is 1. The number of aliphatic hydroxyl groups is 2. The average molecular weight is 513 g/mol. The normalized spacial score (nSPS) is 12.8. The van der Waals surface area contributed by atoms with E-state index in [0.717, 1.165) is 12.1 Å². The van der Waals surface area contributed by atoms with Gasteiger partial charge in [0.25, 0.3) is 5.91 Å². The van der Waals surface area contributed by atoms with Crippen molar-refractivity contribution < 1.29 is 28.5 Å². The molecular weight excluding hydrogens is 482 g/mol. The van der Waals surface area contributed by atoms with Crippen molar-refractivity contribution in [2.75, 3.05) is 19.4 Å². The zero-order valence-electron chi connectivity index (χ0n) is 21.0. The zero-order valence-corrected chi connectivity index (χ0v) is 21.0. The molecule has 3 aromatic rings. The van der Waals surface area contributed by atoms with E-state index >= 15 is 4.39 Å². The second kappa shape index (κ2) is 10.9. The van der Waals surface area contributed by atoms with Gasteiger partial charge in [-0.1, -0.05) is 0 Å². The SMILES string of the molecule is COc1cc(C(=O)NCC(O)c2cc(C(C)(C)O)c(F)c(-c3ccc(F)cc3)n2)cc(/C=C(/C)N)c1N. The van der Waals surface area contributed by atoms with E-state index < -0.39 is 29.2 Å². The number of aliphatic hydroxyl groups excluding tert-OH is 1. The van der Waals surface area contributed by atoms with Crippen molar-refractivity contribution in [3.05, 3.63) is 82.2 Å². The summed E-state index contributed by atoms with van der Waals surface area (Å²) in [6, 6.07) is 9.21. The molecule has 0 saturated heterocycles. The van der Waals surface area contributed by atoms with E-state index in [0.29, 0.717) is 16.9 Å². The minimum absolute atomic E-state index is 0.00964. The summed E-state index contributed by atoms with van der Waals surface area (Å²) in [4.78, 5) is 17.1. The summed E-state index contributed by atoms with van der Waals surface area (Å²) in [6.07, 6.45) is 0.243. The Morgan fingerprint density at radius 3 is 2.43 bits per heavy atom. The molecule has 37 heavy (non-hydrogen) atoms. The molecule has 0 saturated carbocycles. The monoisotopic (exact) mass is 512 g/mol. The van der Waals surface area contributed by atoms with E-state index in [2.05, 4.69) is 10.3 Å². The molecule has 196 valence electrons. The summed E-state index contributed by atoms with van der Waals surface area (Å²) in [5.74, 6) is -1.57. The summed E-state index contributed by atoms with van der Waals surface area (Å²) in [6.45, 7) is 4.18. The van der Waals surface area contributed by atoms with Gasteiger partial charge in [0.15, 0.2) is 5.82 Å². The number of hydrogen-bond acceptors (Lipinski definition) is 7. The number of allylic oxidation sites excluding steroid dienone is 1. The second-order valence-electron chi connectivity index (χ2n) is 9.12. The summed E-state index contributed by atoms with van der Waals surface area (Å²) >= 11 is 0. The smallest absolute Gasteiger partial charge is 0.251 e. The number of ether oxygens (including phenoxy) is 1. The van der Waals surface area contributed by atoms with Gasteiger partial charge < -0.3 is 31.7 Å². The summed E-state index contributed by atoms with van der Waals surface area (Å²) in [5, 5.41) is 23.9. The zero-order chi connectivity index (χ0) is 27.5. The number of nitrogen functional groups attached to an aromatic ring is 1. The molecule has 0 aliphatic rings. The predicted molar refractivity (Wildman–Crippen MR) is 137 cm³/mol. The molecule has 0 radical (unpaired) electrons. The predicted octanol–water partition coefficient (Wildman–Crippen LogP) is 3.63. The fourth-order valence-electron chi connectivity index (χ4n) is 3.67. The lowest BCUT2D eigenvalue weighted by atomic mass is 9.94. The Bertz CT molecular complexity index is 1330. The van der Waals surface area contributed by atoms with Crippen molar-refractivity contribution in [1.29, 1.82) is 0 Å². The Labute approximate surface area is 213 Å². The fourth-order valence-corrected chi connectivity index (χ4v) is 3.67. The van der Waals surface area contributed by atoms with E-state index in [1.165, 1.54) is 51.3 Å². The van der Waals surface area contributed by atoms with E-state index in [-0.39, 0.29) is 40.4 Å². The lowest BCUT2D eigenvalue weighted by Gasteiger charge is -2.22. The van der Waals surface area contributed by atoms with Gasteiger partial charge in [0.2, 0.25) is 0 Å². The van der Waals surface area contributed by atoms with Crippen LogP contribution in [0.2, 0.25) is 0 Å². The Kier molecular flexibility index (Phi) is 8.15. The molecule has 8 nitrogen and oxygen atoms in total. The first-order valence-corrected chi connectivity index (χ1v) is 11.4. The summed E-state index contributed by atoms with van der Waals surface area (Å²) < 4.78 is 33.9. The van der Waals surface area contributed by atoms with Crippen molar-refractivity contribution in [2.45, 2.75) is 32.5 Å². The number of nitrogens with two attached hydrogens (primary N) is 2. The molecule has 1 amide bonds. The van der Waals surface area contributed by atoms with Crippen LogP contribution in [0.4, 0.5) is 14.5 Å². The molecule has 0 aliphatic heterocycles. The van der Waals surface area contributed by atoms with Crippen LogP contribution in [0, 0.1) is 11.6 Å². The number of methoxy groups -OCH3 is 1. The Morgan fingerprint density at radius 2 is 1.86 bits per heavy atom. The van der Waals surface area contributed by atoms with Crippen molar-refractivity contribution >= 4 is 17.7 Å². The number of carbonyl (C=O) groups is 1. The molecule has 2 aromatic carbocycles. The lowest BCUT2D eigenvalue weighted by Crippen LogP contribution is -2.29. The molecule has 3 rings (SSSR count). The quantitative estimate of drug-likeness (QED) is 0.290. The number of nitrogens with zero attached hydrogens (tertiary/aromatic N) is 1. The van der Waals surface area contributed by atoms with E-state index in [9.17, 15) is 19.4 Å². The first kappa shape index (κ1) is 27.6. The van der Waals surface area contributed by atoms with Crippen LogP contribution in [-0.4, -0.2) is 34.8 Å². The standard InChI is InChI=1S/C27H30F2N4O4/c1-14(30)9-16-10-17(11-22(37-4)24(16)31)26(35)32-13-21(34)20-12-19(27(2,3)36)23(29)25(33-20)15-5-7-18(28)8-6-15/h5-12,21,34,36H,13,30-31H2,1-4H3,(H,32,35)/b14-9-. The number of aromatic nitrogens is 1. The van der Waals surface area contributed by atoms with Gasteiger partial charge in [-0.15, -0.1) is 0 Å². The number of halogens is 2. The van der Waals surface area contributed by atoms with Crippen molar-refractivity contribution in [2.24, 2.45) is 5.73 Å². The minimum atomic E-state index is -1.61. The van der Waals surface area contributed by atoms with Crippen LogP contribution < -0.4 is 21.5 Å². The van der Waals surface area contributed by atoms with Gasteiger partial charge >= 0.3 is 0 Å². The van der Waals surface area contributed by atoms with Crippen molar-refractivity contribution in [1.82, 2.24) is 10.3 Å². The van der Waals surface area contributed by atoms with Gasteiger partial charge in [0, 0.05) is 34.5 Å². The molecule has 1 unspecified atom stereocenters. The number of benzene rings is 2. The molecule has 10 heteroatoms. The second-order valence-corrected chi connectivity index (χ2v) is 9.12. The highest BCUT2D eigenvalue weighted by Crippen LogP contribution is 2.32.